The molecule has 0 radical (unpaired) electrons. The Kier molecular flexibility index (Phi) is 4.28. The number of halogens is 1. The Bertz CT molecular complexity index is 689. The zero-order valence-corrected chi connectivity index (χ0v) is 13.2. The van der Waals surface area contributed by atoms with Crippen LogP contribution >= 0.6 is 15.9 Å². The van der Waals surface area contributed by atoms with Crippen LogP contribution in [-0.2, 0) is 0 Å². The van der Waals surface area contributed by atoms with Gasteiger partial charge >= 0.3 is 0 Å². The summed E-state index contributed by atoms with van der Waals surface area (Å²) >= 11 is 3.43. The molecule has 4 heterocycles. The second kappa shape index (κ2) is 6.05. The zero-order chi connectivity index (χ0) is 14.4. The Morgan fingerprint density at radius 1 is 1.27 bits per heavy atom. The molecular formula is C17H21BrN2O2. The van der Waals surface area contributed by atoms with Gasteiger partial charge in [0.15, 0.2) is 5.76 Å². The fourth-order valence-corrected chi connectivity index (χ4v) is 3.87. The van der Waals surface area contributed by atoms with Crippen LogP contribution in [0.5, 0.6) is 0 Å². The maximum Gasteiger partial charge on any atom is 0.287 e. The third-order valence-corrected chi connectivity index (χ3v) is 5.17. The van der Waals surface area contributed by atoms with Gasteiger partial charge in [-0.3, -0.25) is 4.79 Å². The van der Waals surface area contributed by atoms with Crippen molar-refractivity contribution in [3.63, 3.8) is 0 Å². The number of furan rings is 1. The fourth-order valence-electron chi connectivity index (χ4n) is 3.49. The molecule has 1 aromatic carbocycles. The lowest BCUT2D eigenvalue weighted by atomic mass is 9.84. The van der Waals surface area contributed by atoms with Crippen molar-refractivity contribution < 1.29 is 9.21 Å². The highest BCUT2D eigenvalue weighted by Crippen LogP contribution is 2.28. The summed E-state index contributed by atoms with van der Waals surface area (Å²) in [6.45, 7) is 3.33. The summed E-state index contributed by atoms with van der Waals surface area (Å²) in [6.07, 6.45) is 2.38. The van der Waals surface area contributed by atoms with E-state index in [9.17, 15) is 4.79 Å². The smallest absolute Gasteiger partial charge is 0.287 e. The molecule has 0 saturated carbocycles. The number of nitrogens with zero attached hydrogens (tertiary/aromatic N) is 1. The van der Waals surface area contributed by atoms with Gasteiger partial charge in [0.1, 0.15) is 5.58 Å². The Morgan fingerprint density at radius 3 is 2.73 bits per heavy atom. The molecule has 0 unspecified atom stereocenters. The van der Waals surface area contributed by atoms with Gasteiger partial charge in [-0.05, 0) is 56.1 Å². The number of piperidine rings is 3. The summed E-state index contributed by atoms with van der Waals surface area (Å²) in [5, 5.41) is 4.10. The van der Waals surface area contributed by atoms with Gasteiger partial charge in [0.2, 0.25) is 0 Å². The molecule has 3 saturated heterocycles. The van der Waals surface area contributed by atoms with Crippen LogP contribution in [0.3, 0.4) is 0 Å². The van der Waals surface area contributed by atoms with E-state index in [1.165, 1.54) is 25.9 Å². The molecule has 4 nitrogen and oxygen atoms in total. The topological polar surface area (TPSA) is 45.5 Å². The van der Waals surface area contributed by atoms with Gasteiger partial charge in [-0.15, -0.1) is 0 Å². The first-order valence-electron chi connectivity index (χ1n) is 7.41. The standard InChI is InChI=1S/C16H17BrN2O2.CH4/c17-12-1-2-14-11(7-12)8-15(21-14)16(20)18-13-9-19-5-3-10(13)4-6-19;/h1-2,7-8,10,13H,3-6,9H2,(H,18,20);1H4/t13-;/m1./s1. The average molecular weight is 365 g/mol. The molecular weight excluding hydrogens is 344 g/mol. The Balaban J connectivity index is 0.00000144. The second-order valence-electron chi connectivity index (χ2n) is 6.01. The molecule has 0 spiro atoms. The maximum absolute atomic E-state index is 12.4. The largest absolute Gasteiger partial charge is 0.451 e. The van der Waals surface area contributed by atoms with Crippen LogP contribution in [-0.4, -0.2) is 36.5 Å². The molecule has 118 valence electrons. The minimum absolute atomic E-state index is 0. The quantitative estimate of drug-likeness (QED) is 0.884. The van der Waals surface area contributed by atoms with E-state index in [-0.39, 0.29) is 19.4 Å². The number of hydrogen-bond donors (Lipinski definition) is 1. The predicted octanol–water partition coefficient (Wildman–Crippen LogP) is 3.66. The van der Waals surface area contributed by atoms with E-state index >= 15 is 0 Å². The molecule has 3 fully saturated rings. The fraction of sp³-hybridized carbons (Fsp3) is 0.471. The maximum atomic E-state index is 12.4. The molecule has 3 aliphatic rings. The van der Waals surface area contributed by atoms with Crippen molar-refractivity contribution in [1.82, 2.24) is 10.2 Å². The molecule has 5 rings (SSSR count). The van der Waals surface area contributed by atoms with Crippen molar-refractivity contribution in [2.24, 2.45) is 5.92 Å². The lowest BCUT2D eigenvalue weighted by Gasteiger charge is -2.44. The highest BCUT2D eigenvalue weighted by molar-refractivity contribution is 9.10. The highest BCUT2D eigenvalue weighted by Gasteiger charge is 2.35. The molecule has 22 heavy (non-hydrogen) atoms. The lowest BCUT2D eigenvalue weighted by molar-refractivity contribution is 0.0607. The minimum Gasteiger partial charge on any atom is -0.451 e. The number of benzene rings is 1. The van der Waals surface area contributed by atoms with Gasteiger partial charge in [0.05, 0.1) is 0 Å². The predicted molar refractivity (Wildman–Crippen MR) is 91.1 cm³/mol. The molecule has 3 aliphatic heterocycles. The Labute approximate surface area is 139 Å². The van der Waals surface area contributed by atoms with Crippen molar-refractivity contribution in [3.05, 3.63) is 34.5 Å². The number of carbonyl (C=O) groups is 1. The number of fused-ring (bicyclic) bond motifs is 4. The number of nitrogens with one attached hydrogen (secondary N) is 1. The average Bonchev–Trinajstić information content (AvgIpc) is 2.91. The van der Waals surface area contributed by atoms with Crippen LogP contribution in [0, 0.1) is 5.92 Å². The van der Waals surface area contributed by atoms with E-state index in [2.05, 4.69) is 26.1 Å². The van der Waals surface area contributed by atoms with E-state index in [4.69, 9.17) is 4.42 Å². The van der Waals surface area contributed by atoms with E-state index in [1.807, 2.05) is 24.3 Å². The molecule has 1 atom stereocenters. The number of amides is 1. The first-order valence-corrected chi connectivity index (χ1v) is 8.21. The highest BCUT2D eigenvalue weighted by atomic mass is 79.9. The van der Waals surface area contributed by atoms with Crippen molar-refractivity contribution in [1.29, 1.82) is 0 Å². The number of carbonyl (C=O) groups excluding carboxylic acids is 1. The first kappa shape index (κ1) is 15.6. The summed E-state index contributed by atoms with van der Waals surface area (Å²) < 4.78 is 6.65. The van der Waals surface area contributed by atoms with Gasteiger partial charge in [-0.1, -0.05) is 23.4 Å². The van der Waals surface area contributed by atoms with Crippen LogP contribution in [0.1, 0.15) is 30.8 Å². The minimum atomic E-state index is -0.0962. The molecule has 1 aromatic heterocycles. The molecule has 1 N–H and O–H groups in total. The van der Waals surface area contributed by atoms with Crippen molar-refractivity contribution in [2.45, 2.75) is 26.3 Å². The Morgan fingerprint density at radius 2 is 2.05 bits per heavy atom. The van der Waals surface area contributed by atoms with Crippen LogP contribution in [0.25, 0.3) is 11.0 Å². The molecule has 2 aromatic rings. The summed E-state index contributed by atoms with van der Waals surface area (Å²) in [6, 6.07) is 7.84. The lowest BCUT2D eigenvalue weighted by Crippen LogP contribution is -2.57. The third-order valence-electron chi connectivity index (χ3n) is 4.67. The normalized spacial score (nSPS) is 26.7. The van der Waals surface area contributed by atoms with Crippen LogP contribution < -0.4 is 5.32 Å². The van der Waals surface area contributed by atoms with Gasteiger partial charge in [0, 0.05) is 22.4 Å². The first-order chi connectivity index (χ1) is 10.2. The van der Waals surface area contributed by atoms with Gasteiger partial charge < -0.3 is 14.6 Å². The third kappa shape index (κ3) is 2.79. The van der Waals surface area contributed by atoms with Gasteiger partial charge in [0.25, 0.3) is 5.91 Å². The summed E-state index contributed by atoms with van der Waals surface area (Å²) in [7, 11) is 0. The van der Waals surface area contributed by atoms with Crippen LogP contribution in [0.2, 0.25) is 0 Å². The van der Waals surface area contributed by atoms with Gasteiger partial charge in [-0.25, -0.2) is 0 Å². The molecule has 0 aliphatic carbocycles. The monoisotopic (exact) mass is 364 g/mol. The molecule has 1 amide bonds. The second-order valence-corrected chi connectivity index (χ2v) is 6.93. The van der Waals surface area contributed by atoms with Crippen molar-refractivity contribution >= 4 is 32.8 Å². The molecule has 5 heteroatoms. The van der Waals surface area contributed by atoms with E-state index in [1.54, 1.807) is 0 Å². The molecule has 2 bridgehead atoms. The Hall–Kier alpha value is -1.33. The van der Waals surface area contributed by atoms with Crippen LogP contribution in [0.15, 0.2) is 33.2 Å². The van der Waals surface area contributed by atoms with Crippen molar-refractivity contribution in [2.75, 3.05) is 19.6 Å². The summed E-state index contributed by atoms with van der Waals surface area (Å²) in [5.74, 6) is 0.929. The zero-order valence-electron chi connectivity index (χ0n) is 11.6. The number of hydrogen-bond acceptors (Lipinski definition) is 3. The van der Waals surface area contributed by atoms with Gasteiger partial charge in [-0.2, -0.15) is 0 Å². The number of rotatable bonds is 2. The summed E-state index contributed by atoms with van der Waals surface area (Å²) in [5.41, 5.74) is 0.747. The van der Waals surface area contributed by atoms with Crippen molar-refractivity contribution in [3.8, 4) is 0 Å². The van der Waals surface area contributed by atoms with E-state index in [0.29, 0.717) is 11.7 Å². The summed E-state index contributed by atoms with van der Waals surface area (Å²) in [4.78, 5) is 14.8. The SMILES string of the molecule is C.O=C(N[C@@H]1CN2CCC1CC2)c1cc2cc(Br)ccc2o1. The van der Waals surface area contributed by atoms with E-state index in [0.717, 1.165) is 22.0 Å². The van der Waals surface area contributed by atoms with E-state index < -0.39 is 0 Å². The van der Waals surface area contributed by atoms with Crippen LogP contribution in [0.4, 0.5) is 0 Å².